The Morgan fingerprint density at radius 1 is 1.03 bits per heavy atom. The lowest BCUT2D eigenvalue weighted by Crippen LogP contribution is -2.13. The number of ether oxygens (including phenoxy) is 1. The molecule has 1 amide bonds. The van der Waals surface area contributed by atoms with Crippen LogP contribution in [-0.2, 0) is 14.9 Å². The van der Waals surface area contributed by atoms with Crippen LogP contribution in [0.25, 0.3) is 6.08 Å². The largest absolute Gasteiger partial charge is 0.493 e. The Kier molecular flexibility index (Phi) is 7.15. The number of carbonyl (C=O) groups is 1. The third kappa shape index (κ3) is 5.66. The molecule has 0 saturated heterocycles. The molecule has 0 fully saturated rings. The van der Waals surface area contributed by atoms with Crippen LogP contribution >= 0.6 is 11.6 Å². The van der Waals surface area contributed by atoms with Gasteiger partial charge in [-0.15, -0.1) is 0 Å². The fraction of sp³-hybridized carbons (Fsp3) is 0.0435. The third-order valence-electron chi connectivity index (χ3n) is 4.20. The molecular formula is C23H17ClN2O5S. The second-order valence-electron chi connectivity index (χ2n) is 6.39. The van der Waals surface area contributed by atoms with Crippen molar-refractivity contribution in [3.63, 3.8) is 0 Å². The lowest BCUT2D eigenvalue weighted by molar-refractivity contribution is -0.112. The molecule has 162 valence electrons. The van der Waals surface area contributed by atoms with Crippen molar-refractivity contribution in [1.29, 1.82) is 5.26 Å². The first-order valence-electron chi connectivity index (χ1n) is 9.18. The van der Waals surface area contributed by atoms with Gasteiger partial charge in [0.05, 0.1) is 7.11 Å². The highest BCUT2D eigenvalue weighted by molar-refractivity contribution is 7.87. The first kappa shape index (κ1) is 22.9. The van der Waals surface area contributed by atoms with E-state index in [0.717, 1.165) is 0 Å². The SMILES string of the molecule is COc1ccc(/C=C(\C#N)C(=O)Nc2ccc(Cl)cc2)cc1OS(=O)(=O)c1ccccc1. The van der Waals surface area contributed by atoms with Gasteiger partial charge in [0.15, 0.2) is 11.5 Å². The van der Waals surface area contributed by atoms with Crippen molar-refractivity contribution in [3.8, 4) is 17.6 Å². The Morgan fingerprint density at radius 2 is 1.72 bits per heavy atom. The lowest BCUT2D eigenvalue weighted by atomic mass is 10.1. The van der Waals surface area contributed by atoms with E-state index in [1.807, 2.05) is 6.07 Å². The minimum absolute atomic E-state index is 0.0249. The number of nitrogens with one attached hydrogen (secondary N) is 1. The monoisotopic (exact) mass is 468 g/mol. The molecule has 0 aliphatic heterocycles. The molecule has 0 heterocycles. The quantitative estimate of drug-likeness (QED) is 0.307. The summed E-state index contributed by atoms with van der Waals surface area (Å²) in [6, 6.07) is 20.3. The molecular weight excluding hydrogens is 452 g/mol. The number of halogens is 1. The molecule has 0 bridgehead atoms. The van der Waals surface area contributed by atoms with Crippen LogP contribution < -0.4 is 14.2 Å². The number of rotatable bonds is 7. The fourth-order valence-corrected chi connectivity index (χ4v) is 3.73. The minimum atomic E-state index is -4.11. The van der Waals surface area contributed by atoms with E-state index in [1.165, 1.54) is 37.5 Å². The van der Waals surface area contributed by atoms with Gasteiger partial charge >= 0.3 is 10.1 Å². The van der Waals surface area contributed by atoms with Gasteiger partial charge in [0.2, 0.25) is 0 Å². The maximum absolute atomic E-state index is 12.6. The van der Waals surface area contributed by atoms with Gasteiger partial charge in [0.1, 0.15) is 16.5 Å². The summed E-state index contributed by atoms with van der Waals surface area (Å²) in [5.41, 5.74) is 0.641. The zero-order valence-corrected chi connectivity index (χ0v) is 18.4. The number of benzene rings is 3. The van der Waals surface area contributed by atoms with Crippen molar-refractivity contribution in [2.45, 2.75) is 4.90 Å². The number of hydrogen-bond donors (Lipinski definition) is 1. The van der Waals surface area contributed by atoms with Crippen molar-refractivity contribution in [2.75, 3.05) is 12.4 Å². The lowest BCUT2D eigenvalue weighted by Gasteiger charge is -2.11. The summed E-state index contributed by atoms with van der Waals surface area (Å²) < 4.78 is 35.6. The maximum Gasteiger partial charge on any atom is 0.339 e. The molecule has 9 heteroatoms. The van der Waals surface area contributed by atoms with E-state index < -0.39 is 16.0 Å². The van der Waals surface area contributed by atoms with Gasteiger partial charge in [-0.2, -0.15) is 13.7 Å². The highest BCUT2D eigenvalue weighted by Crippen LogP contribution is 2.31. The van der Waals surface area contributed by atoms with Crippen LogP contribution in [-0.4, -0.2) is 21.4 Å². The second-order valence-corrected chi connectivity index (χ2v) is 8.37. The van der Waals surface area contributed by atoms with Gasteiger partial charge in [-0.1, -0.05) is 35.9 Å². The van der Waals surface area contributed by atoms with Crippen LogP contribution in [0.2, 0.25) is 5.02 Å². The van der Waals surface area contributed by atoms with E-state index >= 15 is 0 Å². The standard InChI is InChI=1S/C23H17ClN2O5S/c1-30-21-12-7-16(14-22(21)31-32(28,29)20-5-3-2-4-6-20)13-17(15-25)23(27)26-19-10-8-18(24)9-11-19/h2-14H,1H3,(H,26,27)/b17-13+. The van der Waals surface area contributed by atoms with Crippen LogP contribution in [0.15, 0.2) is 83.3 Å². The molecule has 0 saturated carbocycles. The molecule has 0 spiro atoms. The average Bonchev–Trinajstić information content (AvgIpc) is 2.79. The normalized spacial score (nSPS) is 11.3. The summed E-state index contributed by atoms with van der Waals surface area (Å²) in [5.74, 6) is -0.545. The van der Waals surface area contributed by atoms with Crippen molar-refractivity contribution in [3.05, 3.63) is 89.0 Å². The maximum atomic E-state index is 12.6. The van der Waals surface area contributed by atoms with Gasteiger partial charge in [0.25, 0.3) is 5.91 Å². The summed E-state index contributed by atoms with van der Waals surface area (Å²) in [6.45, 7) is 0. The van der Waals surface area contributed by atoms with Crippen molar-refractivity contribution in [2.24, 2.45) is 0 Å². The Hall–Kier alpha value is -3.80. The molecule has 3 rings (SSSR count). The summed E-state index contributed by atoms with van der Waals surface area (Å²) >= 11 is 5.83. The Bertz CT molecular complexity index is 1300. The predicted molar refractivity (Wildman–Crippen MR) is 121 cm³/mol. The summed E-state index contributed by atoms with van der Waals surface area (Å²) in [6.07, 6.45) is 1.31. The zero-order valence-electron chi connectivity index (χ0n) is 16.8. The number of hydrogen-bond acceptors (Lipinski definition) is 6. The van der Waals surface area contributed by atoms with Crippen LogP contribution in [0, 0.1) is 11.3 Å². The summed E-state index contributed by atoms with van der Waals surface area (Å²) in [4.78, 5) is 12.4. The van der Waals surface area contributed by atoms with E-state index in [9.17, 15) is 18.5 Å². The van der Waals surface area contributed by atoms with Gasteiger partial charge in [-0.05, 0) is 60.2 Å². The minimum Gasteiger partial charge on any atom is -0.493 e. The van der Waals surface area contributed by atoms with E-state index in [1.54, 1.807) is 48.5 Å². The average molecular weight is 469 g/mol. The molecule has 3 aromatic carbocycles. The number of methoxy groups -OCH3 is 1. The van der Waals surface area contributed by atoms with Crippen molar-refractivity contribution >= 4 is 39.4 Å². The predicted octanol–water partition coefficient (Wildman–Crippen LogP) is 4.66. The van der Waals surface area contributed by atoms with E-state index in [-0.39, 0.29) is 22.0 Å². The third-order valence-corrected chi connectivity index (χ3v) is 5.70. The van der Waals surface area contributed by atoms with Crippen molar-refractivity contribution < 1.29 is 22.1 Å². The van der Waals surface area contributed by atoms with Gasteiger partial charge in [0, 0.05) is 10.7 Å². The summed E-state index contributed by atoms with van der Waals surface area (Å²) in [7, 11) is -2.74. The van der Waals surface area contributed by atoms with E-state index in [4.69, 9.17) is 20.5 Å². The summed E-state index contributed by atoms with van der Waals surface area (Å²) in [5, 5.41) is 12.5. The van der Waals surface area contributed by atoms with Gasteiger partial charge in [-0.25, -0.2) is 0 Å². The number of nitriles is 1. The van der Waals surface area contributed by atoms with Gasteiger partial charge in [-0.3, -0.25) is 4.79 Å². The van der Waals surface area contributed by atoms with Crippen LogP contribution in [0.4, 0.5) is 5.69 Å². The Morgan fingerprint density at radius 3 is 2.34 bits per heavy atom. The molecule has 0 atom stereocenters. The molecule has 0 radical (unpaired) electrons. The number of anilines is 1. The van der Waals surface area contributed by atoms with Crippen LogP contribution in [0.5, 0.6) is 11.5 Å². The number of carbonyl (C=O) groups excluding carboxylic acids is 1. The van der Waals surface area contributed by atoms with E-state index in [2.05, 4.69) is 5.32 Å². The van der Waals surface area contributed by atoms with Crippen LogP contribution in [0.3, 0.4) is 0 Å². The van der Waals surface area contributed by atoms with Crippen LogP contribution in [0.1, 0.15) is 5.56 Å². The first-order chi connectivity index (χ1) is 15.3. The molecule has 0 aromatic heterocycles. The number of amides is 1. The molecule has 32 heavy (non-hydrogen) atoms. The number of nitrogens with zero attached hydrogens (tertiary/aromatic N) is 1. The fourth-order valence-electron chi connectivity index (χ4n) is 2.65. The smallest absolute Gasteiger partial charge is 0.339 e. The topological polar surface area (TPSA) is 105 Å². The molecule has 3 aromatic rings. The first-order valence-corrected chi connectivity index (χ1v) is 11.0. The molecule has 0 unspecified atom stereocenters. The van der Waals surface area contributed by atoms with Crippen molar-refractivity contribution in [1.82, 2.24) is 0 Å². The molecule has 0 aliphatic rings. The molecule has 0 aliphatic carbocycles. The Labute approximate surface area is 190 Å². The molecule has 7 nitrogen and oxygen atoms in total. The highest BCUT2D eigenvalue weighted by Gasteiger charge is 2.19. The zero-order chi connectivity index (χ0) is 23.1. The molecule has 1 N–H and O–H groups in total. The highest BCUT2D eigenvalue weighted by atomic mass is 35.5. The van der Waals surface area contributed by atoms with E-state index in [0.29, 0.717) is 16.3 Å². The Balaban J connectivity index is 1.89. The van der Waals surface area contributed by atoms with Gasteiger partial charge < -0.3 is 14.2 Å². The second kappa shape index (κ2) is 10.0.